The van der Waals surface area contributed by atoms with Crippen LogP contribution in [0.1, 0.15) is 12.8 Å². The molecule has 0 aromatic carbocycles. The zero-order valence-corrected chi connectivity index (χ0v) is 12.6. The van der Waals surface area contributed by atoms with Crippen molar-refractivity contribution in [1.29, 1.82) is 0 Å². The molecule has 1 aromatic heterocycles. The van der Waals surface area contributed by atoms with Crippen molar-refractivity contribution >= 4 is 18.3 Å². The highest BCUT2D eigenvalue weighted by atomic mass is 32.1. The first-order valence-electron chi connectivity index (χ1n) is 6.85. The fourth-order valence-corrected chi connectivity index (χ4v) is 2.48. The maximum absolute atomic E-state index is 12.0. The van der Waals surface area contributed by atoms with Gasteiger partial charge in [-0.15, -0.1) is 0 Å². The zero-order chi connectivity index (χ0) is 14.4. The molecule has 0 atom stereocenters. The van der Waals surface area contributed by atoms with E-state index in [0.717, 1.165) is 31.6 Å². The Kier molecular flexibility index (Phi) is 5.67. The van der Waals surface area contributed by atoms with Gasteiger partial charge in [0.25, 0.3) is 5.56 Å². The van der Waals surface area contributed by atoms with E-state index >= 15 is 0 Å². The summed E-state index contributed by atoms with van der Waals surface area (Å²) in [4.78, 5) is 14.2. The van der Waals surface area contributed by atoms with E-state index in [1.165, 1.54) is 4.68 Å². The van der Waals surface area contributed by atoms with Crippen molar-refractivity contribution < 1.29 is 4.74 Å². The lowest BCUT2D eigenvalue weighted by Crippen LogP contribution is -2.37. The number of hydrogen-bond acceptors (Lipinski definition) is 5. The molecule has 6 heteroatoms. The minimum atomic E-state index is -0.0693. The summed E-state index contributed by atoms with van der Waals surface area (Å²) < 4.78 is 6.80. The second-order valence-corrected chi connectivity index (χ2v) is 5.18. The van der Waals surface area contributed by atoms with E-state index in [1.807, 2.05) is 12.2 Å². The first-order chi connectivity index (χ1) is 9.74. The van der Waals surface area contributed by atoms with Crippen LogP contribution in [0.25, 0.3) is 0 Å². The standard InChI is InChI=1S/C14H21N3O2S/c1-19-13-4-7-16(8-5-13)12-10-14(18)17(15-11-12)6-2-3-9-20/h2-3,10-11,13,20H,4-9H2,1H3/b3-2+. The van der Waals surface area contributed by atoms with Gasteiger partial charge in [-0.2, -0.15) is 17.7 Å². The zero-order valence-electron chi connectivity index (χ0n) is 11.7. The molecule has 2 heterocycles. The number of nitrogens with zero attached hydrogens (tertiary/aromatic N) is 3. The summed E-state index contributed by atoms with van der Waals surface area (Å²) >= 11 is 4.08. The van der Waals surface area contributed by atoms with Crippen LogP contribution in [0.2, 0.25) is 0 Å². The molecule has 0 bridgehead atoms. The predicted octanol–water partition coefficient (Wildman–Crippen LogP) is 1.34. The van der Waals surface area contributed by atoms with Crippen LogP contribution in [0.5, 0.6) is 0 Å². The summed E-state index contributed by atoms with van der Waals surface area (Å²) in [6.45, 7) is 2.30. The van der Waals surface area contributed by atoms with Gasteiger partial charge in [0.05, 0.1) is 24.5 Å². The van der Waals surface area contributed by atoms with E-state index < -0.39 is 0 Å². The number of ether oxygens (including phenoxy) is 1. The average Bonchev–Trinajstić information content (AvgIpc) is 2.49. The first kappa shape index (κ1) is 15.1. The number of piperidine rings is 1. The van der Waals surface area contributed by atoms with Crippen molar-refractivity contribution in [3.05, 3.63) is 34.8 Å². The van der Waals surface area contributed by atoms with Gasteiger partial charge in [-0.05, 0) is 12.8 Å². The highest BCUT2D eigenvalue weighted by Gasteiger charge is 2.19. The van der Waals surface area contributed by atoms with Gasteiger partial charge in [0.2, 0.25) is 0 Å². The fraction of sp³-hybridized carbons (Fsp3) is 0.571. The summed E-state index contributed by atoms with van der Waals surface area (Å²) in [5.41, 5.74) is 0.833. The van der Waals surface area contributed by atoms with Gasteiger partial charge in [0.15, 0.2) is 0 Å². The molecule has 110 valence electrons. The lowest BCUT2D eigenvalue weighted by atomic mass is 10.1. The number of hydrogen-bond donors (Lipinski definition) is 1. The third-order valence-electron chi connectivity index (χ3n) is 3.55. The van der Waals surface area contributed by atoms with Crippen LogP contribution in [-0.4, -0.2) is 41.8 Å². The summed E-state index contributed by atoms with van der Waals surface area (Å²) in [6, 6.07) is 1.66. The number of allylic oxidation sites excluding steroid dienone is 1. The Balaban J connectivity index is 2.02. The highest BCUT2D eigenvalue weighted by molar-refractivity contribution is 7.80. The molecule has 0 amide bonds. The molecule has 1 aromatic rings. The van der Waals surface area contributed by atoms with Crippen molar-refractivity contribution in [2.45, 2.75) is 25.5 Å². The van der Waals surface area contributed by atoms with Crippen molar-refractivity contribution in [2.75, 3.05) is 30.9 Å². The largest absolute Gasteiger partial charge is 0.381 e. The van der Waals surface area contributed by atoms with Gasteiger partial charge in [-0.1, -0.05) is 12.2 Å². The molecule has 5 nitrogen and oxygen atoms in total. The molecule has 0 aliphatic carbocycles. The molecule has 0 unspecified atom stereocenters. The average molecular weight is 295 g/mol. The van der Waals surface area contributed by atoms with Crippen LogP contribution in [0, 0.1) is 0 Å². The van der Waals surface area contributed by atoms with Crippen LogP contribution in [0.15, 0.2) is 29.2 Å². The first-order valence-corrected chi connectivity index (χ1v) is 7.48. The van der Waals surface area contributed by atoms with Crippen LogP contribution in [0.3, 0.4) is 0 Å². The van der Waals surface area contributed by atoms with Gasteiger partial charge >= 0.3 is 0 Å². The normalized spacial score (nSPS) is 17.0. The summed E-state index contributed by atoms with van der Waals surface area (Å²) in [5, 5.41) is 4.22. The van der Waals surface area contributed by atoms with Gasteiger partial charge in [0.1, 0.15) is 0 Å². The van der Waals surface area contributed by atoms with Crippen LogP contribution in [-0.2, 0) is 11.3 Å². The second-order valence-electron chi connectivity index (χ2n) is 4.81. The number of aromatic nitrogens is 2. The molecule has 0 saturated carbocycles. The molecular formula is C14H21N3O2S. The molecule has 0 N–H and O–H groups in total. The fourth-order valence-electron chi connectivity index (χ4n) is 2.33. The van der Waals surface area contributed by atoms with Crippen LogP contribution < -0.4 is 10.5 Å². The lowest BCUT2D eigenvalue weighted by molar-refractivity contribution is 0.0819. The lowest BCUT2D eigenvalue weighted by Gasteiger charge is -2.32. The Morgan fingerprint density at radius 1 is 1.45 bits per heavy atom. The van der Waals surface area contributed by atoms with E-state index in [-0.39, 0.29) is 5.56 Å². The quantitative estimate of drug-likeness (QED) is 0.658. The number of methoxy groups -OCH3 is 1. The van der Waals surface area contributed by atoms with Gasteiger partial charge in [-0.25, -0.2) is 4.68 Å². The summed E-state index contributed by atoms with van der Waals surface area (Å²) in [7, 11) is 1.75. The topological polar surface area (TPSA) is 47.4 Å². The molecule has 1 aliphatic rings. The number of thiol groups is 1. The van der Waals surface area contributed by atoms with E-state index in [1.54, 1.807) is 19.4 Å². The minimum absolute atomic E-state index is 0.0693. The van der Waals surface area contributed by atoms with E-state index in [2.05, 4.69) is 22.6 Å². The predicted molar refractivity (Wildman–Crippen MR) is 83.7 cm³/mol. The Labute approximate surface area is 124 Å². The smallest absolute Gasteiger partial charge is 0.269 e. The number of anilines is 1. The Bertz CT molecular complexity index is 507. The molecule has 2 rings (SSSR count). The van der Waals surface area contributed by atoms with Crippen molar-refractivity contribution in [3.63, 3.8) is 0 Å². The van der Waals surface area contributed by atoms with Crippen molar-refractivity contribution in [3.8, 4) is 0 Å². The summed E-state index contributed by atoms with van der Waals surface area (Å²) in [5.74, 6) is 0.668. The monoisotopic (exact) mass is 295 g/mol. The molecule has 1 saturated heterocycles. The second kappa shape index (κ2) is 7.50. The minimum Gasteiger partial charge on any atom is -0.381 e. The Hall–Kier alpha value is -1.27. The van der Waals surface area contributed by atoms with Crippen molar-refractivity contribution in [1.82, 2.24) is 9.78 Å². The Morgan fingerprint density at radius 2 is 2.20 bits per heavy atom. The molecule has 1 fully saturated rings. The molecule has 0 radical (unpaired) electrons. The van der Waals surface area contributed by atoms with E-state index in [9.17, 15) is 4.79 Å². The SMILES string of the molecule is COC1CCN(c2cnn(C/C=C/CS)c(=O)c2)CC1. The van der Waals surface area contributed by atoms with Gasteiger partial charge < -0.3 is 9.64 Å². The summed E-state index contributed by atoms with van der Waals surface area (Å²) in [6.07, 6.45) is 7.88. The molecule has 0 spiro atoms. The maximum atomic E-state index is 12.0. The van der Waals surface area contributed by atoms with Crippen LogP contribution >= 0.6 is 12.6 Å². The Morgan fingerprint density at radius 3 is 2.80 bits per heavy atom. The maximum Gasteiger partial charge on any atom is 0.269 e. The van der Waals surface area contributed by atoms with Gasteiger partial charge in [0, 0.05) is 32.0 Å². The molecule has 1 aliphatic heterocycles. The molecule has 20 heavy (non-hydrogen) atoms. The third kappa shape index (κ3) is 3.86. The molecular weight excluding hydrogens is 274 g/mol. The highest BCUT2D eigenvalue weighted by Crippen LogP contribution is 2.18. The van der Waals surface area contributed by atoms with E-state index in [0.29, 0.717) is 18.4 Å². The third-order valence-corrected chi connectivity index (χ3v) is 3.76. The number of rotatable bonds is 5. The van der Waals surface area contributed by atoms with Crippen LogP contribution in [0.4, 0.5) is 5.69 Å². The van der Waals surface area contributed by atoms with E-state index in [4.69, 9.17) is 4.74 Å². The van der Waals surface area contributed by atoms with Gasteiger partial charge in [-0.3, -0.25) is 4.79 Å². The van der Waals surface area contributed by atoms with Crippen molar-refractivity contribution in [2.24, 2.45) is 0 Å².